The normalized spacial score (nSPS) is 10.2. The van der Waals surface area contributed by atoms with Crippen molar-refractivity contribution in [2.75, 3.05) is 20.3 Å². The van der Waals surface area contributed by atoms with Gasteiger partial charge in [0.25, 0.3) is 0 Å². The topological polar surface area (TPSA) is 78.9 Å². The van der Waals surface area contributed by atoms with Gasteiger partial charge in [-0.15, -0.1) is 0 Å². The molecule has 6 nitrogen and oxygen atoms in total. The number of hydrogen-bond acceptors (Lipinski definition) is 6. The first-order valence-corrected chi connectivity index (χ1v) is 4.93. The summed E-state index contributed by atoms with van der Waals surface area (Å²) in [5.74, 6) is -2.53. The van der Waals surface area contributed by atoms with Crippen molar-refractivity contribution in [2.45, 2.75) is 26.6 Å². The SMILES string of the molecule is CCOC(OCC)C(=O)CC(=O)C(=O)OC. The van der Waals surface area contributed by atoms with Crippen molar-refractivity contribution in [3.05, 3.63) is 0 Å². The Balaban J connectivity index is 4.29. The molecule has 0 heterocycles. The highest BCUT2D eigenvalue weighted by Crippen LogP contribution is 2.02. The standard InChI is InChI=1S/C10H16O6/c1-4-15-10(16-5-2)8(12)6-7(11)9(13)14-3/h10H,4-6H2,1-3H3. The van der Waals surface area contributed by atoms with Gasteiger partial charge in [-0.1, -0.05) is 0 Å². The molecule has 0 aliphatic heterocycles. The van der Waals surface area contributed by atoms with Crippen LogP contribution >= 0.6 is 0 Å². The van der Waals surface area contributed by atoms with E-state index in [4.69, 9.17) is 9.47 Å². The fourth-order valence-corrected chi connectivity index (χ4v) is 0.964. The molecule has 92 valence electrons. The summed E-state index contributed by atoms with van der Waals surface area (Å²) in [6.45, 7) is 3.95. The molecule has 0 atom stereocenters. The molecule has 0 saturated heterocycles. The van der Waals surface area contributed by atoms with Gasteiger partial charge in [-0.2, -0.15) is 0 Å². The molecule has 0 saturated carbocycles. The summed E-state index contributed by atoms with van der Waals surface area (Å²) in [7, 11) is 1.08. The summed E-state index contributed by atoms with van der Waals surface area (Å²) in [5, 5.41) is 0. The van der Waals surface area contributed by atoms with E-state index >= 15 is 0 Å². The maximum Gasteiger partial charge on any atom is 0.374 e. The van der Waals surface area contributed by atoms with Crippen molar-refractivity contribution in [1.29, 1.82) is 0 Å². The van der Waals surface area contributed by atoms with Crippen molar-refractivity contribution in [3.8, 4) is 0 Å². The van der Waals surface area contributed by atoms with E-state index in [1.165, 1.54) is 0 Å². The van der Waals surface area contributed by atoms with Gasteiger partial charge < -0.3 is 14.2 Å². The molecule has 0 N–H and O–H groups in total. The van der Waals surface area contributed by atoms with Crippen molar-refractivity contribution in [2.24, 2.45) is 0 Å². The molecule has 0 aromatic carbocycles. The molecular formula is C10H16O6. The average molecular weight is 232 g/mol. The first-order valence-electron chi connectivity index (χ1n) is 4.93. The first-order chi connectivity index (χ1) is 7.56. The Kier molecular flexibility index (Phi) is 7.32. The van der Waals surface area contributed by atoms with Crippen LogP contribution in [0.2, 0.25) is 0 Å². The Bertz CT molecular complexity index is 254. The van der Waals surface area contributed by atoms with E-state index in [-0.39, 0.29) is 13.2 Å². The van der Waals surface area contributed by atoms with Gasteiger partial charge in [0.1, 0.15) is 0 Å². The number of hydrogen-bond donors (Lipinski definition) is 0. The molecule has 0 aromatic heterocycles. The molecule has 0 aliphatic rings. The number of Topliss-reactive ketones (excluding diaryl/α,β-unsaturated/α-hetero) is 2. The number of rotatable bonds is 8. The summed E-state index contributed by atoms with van der Waals surface area (Å²) in [5.41, 5.74) is 0. The van der Waals surface area contributed by atoms with E-state index in [1.807, 2.05) is 0 Å². The fraction of sp³-hybridized carbons (Fsp3) is 0.700. The maximum atomic E-state index is 11.5. The van der Waals surface area contributed by atoms with Gasteiger partial charge >= 0.3 is 5.97 Å². The number of methoxy groups -OCH3 is 1. The predicted molar refractivity (Wildman–Crippen MR) is 53.7 cm³/mol. The van der Waals surface area contributed by atoms with Crippen LogP contribution in [0, 0.1) is 0 Å². The zero-order chi connectivity index (χ0) is 12.6. The van der Waals surface area contributed by atoms with Crippen LogP contribution in [0.15, 0.2) is 0 Å². The lowest BCUT2D eigenvalue weighted by Crippen LogP contribution is -2.31. The van der Waals surface area contributed by atoms with Crippen LogP contribution < -0.4 is 0 Å². The van der Waals surface area contributed by atoms with Gasteiger partial charge in [0.15, 0.2) is 5.78 Å². The molecule has 0 bridgehead atoms. The number of carbonyl (C=O) groups is 3. The molecule has 16 heavy (non-hydrogen) atoms. The van der Waals surface area contributed by atoms with E-state index in [0.29, 0.717) is 0 Å². The molecule has 0 spiro atoms. The first kappa shape index (κ1) is 14.7. The largest absolute Gasteiger partial charge is 0.463 e. The van der Waals surface area contributed by atoms with Crippen molar-refractivity contribution >= 4 is 17.5 Å². The average Bonchev–Trinajstić information content (AvgIpc) is 2.27. The van der Waals surface area contributed by atoms with Gasteiger partial charge in [-0.3, -0.25) is 9.59 Å². The summed E-state index contributed by atoms with van der Waals surface area (Å²) < 4.78 is 14.2. The quantitative estimate of drug-likeness (QED) is 0.255. The molecule has 0 fully saturated rings. The lowest BCUT2D eigenvalue weighted by atomic mass is 10.2. The Morgan fingerprint density at radius 3 is 1.94 bits per heavy atom. The number of esters is 1. The van der Waals surface area contributed by atoms with Crippen LogP contribution in [0.4, 0.5) is 0 Å². The highest BCUT2D eigenvalue weighted by Gasteiger charge is 2.25. The summed E-state index contributed by atoms with van der Waals surface area (Å²) >= 11 is 0. The highest BCUT2D eigenvalue weighted by atomic mass is 16.7. The third-order valence-corrected chi connectivity index (χ3v) is 1.65. The van der Waals surface area contributed by atoms with E-state index in [0.717, 1.165) is 7.11 Å². The van der Waals surface area contributed by atoms with Crippen LogP contribution in [-0.2, 0) is 28.6 Å². The third kappa shape index (κ3) is 4.99. The van der Waals surface area contributed by atoms with Gasteiger partial charge in [-0.05, 0) is 13.8 Å². The molecule has 0 unspecified atom stereocenters. The van der Waals surface area contributed by atoms with E-state index in [1.54, 1.807) is 13.8 Å². The smallest absolute Gasteiger partial charge is 0.374 e. The van der Waals surface area contributed by atoms with Crippen LogP contribution in [0.1, 0.15) is 20.3 Å². The Morgan fingerprint density at radius 1 is 1.06 bits per heavy atom. The second-order valence-corrected chi connectivity index (χ2v) is 2.80. The lowest BCUT2D eigenvalue weighted by Gasteiger charge is -2.14. The van der Waals surface area contributed by atoms with Crippen LogP contribution in [-0.4, -0.2) is 44.1 Å². The molecular weight excluding hydrogens is 216 g/mol. The van der Waals surface area contributed by atoms with Crippen molar-refractivity contribution in [3.63, 3.8) is 0 Å². The van der Waals surface area contributed by atoms with Crippen molar-refractivity contribution in [1.82, 2.24) is 0 Å². The maximum absolute atomic E-state index is 11.5. The monoisotopic (exact) mass is 232 g/mol. The van der Waals surface area contributed by atoms with Gasteiger partial charge in [-0.25, -0.2) is 4.79 Å². The lowest BCUT2D eigenvalue weighted by molar-refractivity contribution is -0.170. The van der Waals surface area contributed by atoms with E-state index in [9.17, 15) is 14.4 Å². The minimum atomic E-state index is -1.09. The number of ketones is 2. The van der Waals surface area contributed by atoms with Crippen LogP contribution in [0.25, 0.3) is 0 Å². The van der Waals surface area contributed by atoms with E-state index < -0.39 is 30.2 Å². The summed E-state index contributed by atoms with van der Waals surface area (Å²) in [6, 6.07) is 0. The van der Waals surface area contributed by atoms with Crippen LogP contribution in [0.5, 0.6) is 0 Å². The predicted octanol–water partition coefficient (Wildman–Crippen LogP) is 0.0868. The van der Waals surface area contributed by atoms with Gasteiger partial charge in [0.05, 0.1) is 13.5 Å². The zero-order valence-electron chi connectivity index (χ0n) is 9.65. The minimum absolute atomic E-state index is 0.281. The molecule has 0 radical (unpaired) electrons. The zero-order valence-corrected chi connectivity index (χ0v) is 9.65. The molecule has 6 heteroatoms. The molecule has 0 amide bonds. The summed E-state index contributed by atoms with van der Waals surface area (Å²) in [6.07, 6.45) is -1.67. The Morgan fingerprint density at radius 2 is 1.56 bits per heavy atom. The van der Waals surface area contributed by atoms with Crippen LogP contribution in [0.3, 0.4) is 0 Å². The summed E-state index contributed by atoms with van der Waals surface area (Å²) in [4.78, 5) is 33.3. The Hall–Kier alpha value is -1.27. The second kappa shape index (κ2) is 7.95. The highest BCUT2D eigenvalue weighted by molar-refractivity contribution is 6.37. The fourth-order valence-electron chi connectivity index (χ4n) is 0.964. The third-order valence-electron chi connectivity index (χ3n) is 1.65. The molecule has 0 aromatic rings. The van der Waals surface area contributed by atoms with Gasteiger partial charge in [0.2, 0.25) is 12.1 Å². The number of ether oxygens (including phenoxy) is 3. The number of carbonyl (C=O) groups excluding carboxylic acids is 3. The minimum Gasteiger partial charge on any atom is -0.463 e. The molecule has 0 rings (SSSR count). The van der Waals surface area contributed by atoms with E-state index in [2.05, 4.69) is 4.74 Å². The second-order valence-electron chi connectivity index (χ2n) is 2.80. The van der Waals surface area contributed by atoms with Crippen molar-refractivity contribution < 1.29 is 28.6 Å². The van der Waals surface area contributed by atoms with Gasteiger partial charge in [0, 0.05) is 13.2 Å². The molecule has 0 aliphatic carbocycles. The Labute approximate surface area is 93.8 Å².